The van der Waals surface area contributed by atoms with Gasteiger partial charge < -0.3 is 15.2 Å². The van der Waals surface area contributed by atoms with Gasteiger partial charge >= 0.3 is 6.09 Å². The predicted molar refractivity (Wildman–Crippen MR) is 99.5 cm³/mol. The van der Waals surface area contributed by atoms with Crippen LogP contribution in [0.3, 0.4) is 0 Å². The van der Waals surface area contributed by atoms with E-state index in [-0.39, 0.29) is 12.3 Å². The topological polar surface area (TPSA) is 143 Å². The zero-order valence-electron chi connectivity index (χ0n) is 14.6. The van der Waals surface area contributed by atoms with Gasteiger partial charge in [0.05, 0.1) is 17.7 Å². The van der Waals surface area contributed by atoms with Crippen LogP contribution >= 0.6 is 0 Å². The lowest BCUT2D eigenvalue weighted by Gasteiger charge is -2.14. The van der Waals surface area contributed by atoms with Crippen molar-refractivity contribution >= 4 is 23.9 Å². The second-order valence-corrected chi connectivity index (χ2v) is 5.52. The van der Waals surface area contributed by atoms with E-state index < -0.39 is 29.6 Å². The van der Waals surface area contributed by atoms with Crippen LogP contribution in [0.2, 0.25) is 0 Å². The van der Waals surface area contributed by atoms with Crippen LogP contribution in [0.15, 0.2) is 59.7 Å². The minimum atomic E-state index is -1.25. The lowest BCUT2D eigenvalue weighted by molar-refractivity contribution is -0.384. The van der Waals surface area contributed by atoms with E-state index in [0.717, 1.165) is 5.56 Å². The second-order valence-electron chi connectivity index (χ2n) is 5.52. The van der Waals surface area contributed by atoms with E-state index in [2.05, 4.69) is 15.8 Å². The number of carbonyl (C=O) groups excluding carboxylic acids is 2. The Balaban J connectivity index is 1.81. The number of nitro benzene ring substituents is 1. The van der Waals surface area contributed by atoms with Crippen molar-refractivity contribution in [3.8, 4) is 0 Å². The van der Waals surface area contributed by atoms with Crippen molar-refractivity contribution in [3.05, 3.63) is 75.8 Å². The molecule has 0 spiro atoms. The molecule has 0 saturated heterocycles. The van der Waals surface area contributed by atoms with Crippen LogP contribution in [0.1, 0.15) is 11.1 Å². The molecule has 2 rings (SSSR count). The molecule has 0 heterocycles. The first-order valence-corrected chi connectivity index (χ1v) is 8.15. The van der Waals surface area contributed by atoms with E-state index in [1.54, 1.807) is 24.3 Å². The van der Waals surface area contributed by atoms with Crippen LogP contribution < -0.4 is 10.7 Å². The van der Waals surface area contributed by atoms with Gasteiger partial charge in [-0.25, -0.2) is 10.2 Å². The molecule has 0 radical (unpaired) electrons. The summed E-state index contributed by atoms with van der Waals surface area (Å²) in [6, 6.07) is 13.2. The van der Waals surface area contributed by atoms with E-state index in [0.29, 0.717) is 5.56 Å². The molecule has 3 N–H and O–H groups in total. The Hall–Kier alpha value is -3.79. The quantitative estimate of drug-likeness (QED) is 0.355. The molecule has 0 aliphatic carbocycles. The molecule has 1 unspecified atom stereocenters. The number of alkyl carbamates (subject to hydrolysis) is 1. The summed E-state index contributed by atoms with van der Waals surface area (Å²) in [4.78, 5) is 33.8. The number of hydrazone groups is 1. The molecule has 0 aromatic heterocycles. The third-order valence-corrected chi connectivity index (χ3v) is 3.50. The van der Waals surface area contributed by atoms with Gasteiger partial charge in [-0.05, 0) is 23.3 Å². The zero-order valence-corrected chi connectivity index (χ0v) is 14.6. The van der Waals surface area contributed by atoms with Gasteiger partial charge in [-0.3, -0.25) is 14.9 Å². The fraction of sp³-hybridized carbons (Fsp3) is 0.167. The van der Waals surface area contributed by atoms with Gasteiger partial charge in [0.2, 0.25) is 0 Å². The third kappa shape index (κ3) is 6.50. The Morgan fingerprint density at radius 2 is 1.86 bits per heavy atom. The fourth-order valence-electron chi connectivity index (χ4n) is 2.03. The van der Waals surface area contributed by atoms with Gasteiger partial charge in [0.1, 0.15) is 12.6 Å². The SMILES string of the molecule is O=C(NC(CO)C(=O)N/N=C/c1ccc([N+](=O)[O-])cc1)OCc1ccccc1. The third-order valence-electron chi connectivity index (χ3n) is 3.50. The summed E-state index contributed by atoms with van der Waals surface area (Å²) in [5.74, 6) is -0.752. The van der Waals surface area contributed by atoms with Crippen LogP contribution in [-0.4, -0.2) is 40.9 Å². The molecule has 0 aliphatic rings. The molecular formula is C18H18N4O6. The van der Waals surface area contributed by atoms with Crippen molar-refractivity contribution in [2.75, 3.05) is 6.61 Å². The molecule has 0 aliphatic heterocycles. The number of amides is 2. The van der Waals surface area contributed by atoms with E-state index in [1.165, 1.54) is 30.5 Å². The fourth-order valence-corrected chi connectivity index (χ4v) is 2.03. The number of ether oxygens (including phenoxy) is 1. The number of hydrogen-bond acceptors (Lipinski definition) is 7. The highest BCUT2D eigenvalue weighted by Gasteiger charge is 2.20. The Morgan fingerprint density at radius 1 is 1.18 bits per heavy atom. The van der Waals surface area contributed by atoms with Gasteiger partial charge in [0.25, 0.3) is 11.6 Å². The molecule has 2 amide bonds. The molecule has 2 aromatic rings. The summed E-state index contributed by atoms with van der Waals surface area (Å²) in [6.07, 6.45) is 0.404. The van der Waals surface area contributed by atoms with Gasteiger partial charge in [-0.15, -0.1) is 0 Å². The van der Waals surface area contributed by atoms with Gasteiger partial charge in [0.15, 0.2) is 0 Å². The average Bonchev–Trinajstić information content (AvgIpc) is 2.71. The first-order chi connectivity index (χ1) is 13.5. The predicted octanol–water partition coefficient (Wildman–Crippen LogP) is 1.33. The van der Waals surface area contributed by atoms with Crippen LogP contribution in [-0.2, 0) is 16.1 Å². The van der Waals surface area contributed by atoms with Crippen LogP contribution in [0.4, 0.5) is 10.5 Å². The lowest BCUT2D eigenvalue weighted by atomic mass is 10.2. The molecular weight excluding hydrogens is 368 g/mol. The maximum absolute atomic E-state index is 12.0. The highest BCUT2D eigenvalue weighted by Crippen LogP contribution is 2.10. The highest BCUT2D eigenvalue weighted by atomic mass is 16.6. The van der Waals surface area contributed by atoms with Gasteiger partial charge in [0, 0.05) is 12.1 Å². The molecule has 0 bridgehead atoms. The van der Waals surface area contributed by atoms with Crippen molar-refractivity contribution in [1.29, 1.82) is 0 Å². The molecule has 0 saturated carbocycles. The first kappa shape index (κ1) is 20.5. The number of non-ortho nitro benzene ring substituents is 1. The first-order valence-electron chi connectivity index (χ1n) is 8.15. The Morgan fingerprint density at radius 3 is 2.46 bits per heavy atom. The van der Waals surface area contributed by atoms with Gasteiger partial charge in [-0.2, -0.15) is 5.10 Å². The summed E-state index contributed by atoms with van der Waals surface area (Å²) < 4.78 is 4.98. The van der Waals surface area contributed by atoms with Crippen LogP contribution in [0.5, 0.6) is 0 Å². The molecule has 1 atom stereocenters. The van der Waals surface area contributed by atoms with Crippen molar-refractivity contribution in [1.82, 2.24) is 10.7 Å². The minimum absolute atomic E-state index is 0.0186. The van der Waals surface area contributed by atoms with Crippen molar-refractivity contribution in [2.24, 2.45) is 5.10 Å². The smallest absolute Gasteiger partial charge is 0.408 e. The van der Waals surface area contributed by atoms with Crippen LogP contribution in [0, 0.1) is 10.1 Å². The molecule has 10 nitrogen and oxygen atoms in total. The summed E-state index contributed by atoms with van der Waals surface area (Å²) in [6.45, 7) is -0.635. The number of carbonyl (C=O) groups is 2. The number of hydrogen-bond donors (Lipinski definition) is 3. The summed E-state index contributed by atoms with van der Waals surface area (Å²) in [5, 5.41) is 25.8. The summed E-state index contributed by atoms with van der Waals surface area (Å²) in [5.41, 5.74) is 3.38. The van der Waals surface area contributed by atoms with Crippen molar-refractivity contribution in [2.45, 2.75) is 12.6 Å². The maximum Gasteiger partial charge on any atom is 0.408 e. The monoisotopic (exact) mass is 386 g/mol. The van der Waals surface area contributed by atoms with E-state index in [4.69, 9.17) is 4.74 Å². The largest absolute Gasteiger partial charge is 0.445 e. The number of rotatable bonds is 8. The summed E-state index contributed by atoms with van der Waals surface area (Å²) in [7, 11) is 0. The molecule has 2 aromatic carbocycles. The standard InChI is InChI=1S/C18H18N4O6/c23-11-16(20-18(25)28-12-14-4-2-1-3-5-14)17(24)21-19-10-13-6-8-15(9-7-13)22(26)27/h1-10,16,23H,11-12H2,(H,20,25)(H,21,24)/b19-10+. The van der Waals surface area contributed by atoms with Crippen molar-refractivity contribution in [3.63, 3.8) is 0 Å². The maximum atomic E-state index is 12.0. The average molecular weight is 386 g/mol. The molecule has 0 fully saturated rings. The number of aliphatic hydroxyl groups is 1. The highest BCUT2D eigenvalue weighted by molar-refractivity contribution is 5.87. The van der Waals surface area contributed by atoms with E-state index in [9.17, 15) is 24.8 Å². The Labute approximate surface area is 160 Å². The number of nitro groups is 1. The van der Waals surface area contributed by atoms with Crippen LogP contribution in [0.25, 0.3) is 0 Å². The minimum Gasteiger partial charge on any atom is -0.445 e. The normalized spacial score (nSPS) is 11.6. The number of aliphatic hydroxyl groups excluding tert-OH is 1. The molecule has 28 heavy (non-hydrogen) atoms. The molecule has 10 heteroatoms. The zero-order chi connectivity index (χ0) is 20.4. The Bertz CT molecular complexity index is 839. The molecule has 146 valence electrons. The second kappa shape index (κ2) is 10.4. The van der Waals surface area contributed by atoms with Crippen molar-refractivity contribution < 1.29 is 24.4 Å². The van der Waals surface area contributed by atoms with Gasteiger partial charge in [-0.1, -0.05) is 30.3 Å². The number of nitrogens with zero attached hydrogens (tertiary/aromatic N) is 2. The number of nitrogens with one attached hydrogen (secondary N) is 2. The Kier molecular flexibility index (Phi) is 7.61. The van der Waals surface area contributed by atoms with E-state index >= 15 is 0 Å². The van der Waals surface area contributed by atoms with E-state index in [1.807, 2.05) is 6.07 Å². The lowest BCUT2D eigenvalue weighted by Crippen LogP contribution is -2.47. The number of benzene rings is 2. The summed E-state index contributed by atoms with van der Waals surface area (Å²) >= 11 is 0.